The first-order valence-electron chi connectivity index (χ1n) is 4.22. The second-order valence-electron chi connectivity index (χ2n) is 3.01. The minimum atomic E-state index is -1.02. The summed E-state index contributed by atoms with van der Waals surface area (Å²) in [6.45, 7) is 0. The summed E-state index contributed by atoms with van der Waals surface area (Å²) in [5, 5.41) is 9.73. The van der Waals surface area contributed by atoms with Gasteiger partial charge in [0.1, 0.15) is 5.75 Å². The molecule has 0 spiro atoms. The van der Waals surface area contributed by atoms with Crippen LogP contribution in [0.5, 0.6) is 5.75 Å². The number of hydrogen-bond donors (Lipinski definition) is 2. The Bertz CT molecular complexity index is 533. The molecular formula is C10H8ClNO3. The van der Waals surface area contributed by atoms with Crippen molar-refractivity contribution in [3.05, 3.63) is 28.9 Å². The summed E-state index contributed by atoms with van der Waals surface area (Å²) in [7, 11) is 1.49. The molecule has 15 heavy (non-hydrogen) atoms. The SMILES string of the molecule is COc1ccc2[nH]cc(C(=O)O)c2c1Cl. The number of aromatic nitrogens is 1. The number of rotatable bonds is 2. The van der Waals surface area contributed by atoms with Gasteiger partial charge in [-0.3, -0.25) is 0 Å². The molecule has 78 valence electrons. The maximum atomic E-state index is 10.9. The smallest absolute Gasteiger partial charge is 0.337 e. The van der Waals surface area contributed by atoms with E-state index in [0.717, 1.165) is 0 Å². The summed E-state index contributed by atoms with van der Waals surface area (Å²) >= 11 is 6.02. The van der Waals surface area contributed by atoms with Gasteiger partial charge in [-0.2, -0.15) is 0 Å². The van der Waals surface area contributed by atoms with Crippen LogP contribution in [-0.4, -0.2) is 23.2 Å². The largest absolute Gasteiger partial charge is 0.495 e. The fourth-order valence-corrected chi connectivity index (χ4v) is 1.83. The van der Waals surface area contributed by atoms with Crippen LogP contribution in [0.1, 0.15) is 10.4 Å². The third-order valence-corrected chi connectivity index (χ3v) is 2.57. The monoisotopic (exact) mass is 225 g/mol. The van der Waals surface area contributed by atoms with Crippen LogP contribution in [0.25, 0.3) is 10.9 Å². The fourth-order valence-electron chi connectivity index (χ4n) is 1.49. The summed E-state index contributed by atoms with van der Waals surface area (Å²) < 4.78 is 5.02. The molecule has 1 aromatic heterocycles. The van der Waals surface area contributed by atoms with Crippen LogP contribution in [0.15, 0.2) is 18.3 Å². The van der Waals surface area contributed by atoms with Gasteiger partial charge in [-0.25, -0.2) is 4.79 Å². The molecule has 2 N–H and O–H groups in total. The Labute approximate surface area is 90.4 Å². The van der Waals surface area contributed by atoms with Crippen LogP contribution >= 0.6 is 11.6 Å². The van der Waals surface area contributed by atoms with Gasteiger partial charge < -0.3 is 14.8 Å². The predicted octanol–water partition coefficient (Wildman–Crippen LogP) is 2.53. The molecule has 2 aromatic rings. The van der Waals surface area contributed by atoms with Crippen LogP contribution in [0.4, 0.5) is 0 Å². The summed E-state index contributed by atoms with van der Waals surface area (Å²) in [5.41, 5.74) is 0.826. The number of aromatic carboxylic acids is 1. The summed E-state index contributed by atoms with van der Waals surface area (Å²) in [6, 6.07) is 3.42. The van der Waals surface area contributed by atoms with Crippen molar-refractivity contribution >= 4 is 28.5 Å². The first-order chi connectivity index (χ1) is 7.15. The van der Waals surface area contributed by atoms with Crippen LogP contribution in [0.3, 0.4) is 0 Å². The lowest BCUT2D eigenvalue weighted by molar-refractivity contribution is 0.0699. The topological polar surface area (TPSA) is 62.3 Å². The minimum Gasteiger partial charge on any atom is -0.495 e. The third kappa shape index (κ3) is 1.43. The molecule has 0 bridgehead atoms. The molecule has 0 saturated carbocycles. The number of aromatic amines is 1. The van der Waals surface area contributed by atoms with Crippen molar-refractivity contribution in [2.45, 2.75) is 0 Å². The number of carbonyl (C=O) groups is 1. The molecule has 0 amide bonds. The maximum absolute atomic E-state index is 10.9. The van der Waals surface area contributed by atoms with Crippen LogP contribution in [-0.2, 0) is 0 Å². The van der Waals surface area contributed by atoms with Gasteiger partial charge in [0.25, 0.3) is 0 Å². The van der Waals surface area contributed by atoms with E-state index in [1.54, 1.807) is 12.1 Å². The molecule has 1 heterocycles. The van der Waals surface area contributed by atoms with E-state index in [-0.39, 0.29) is 5.56 Å². The average molecular weight is 226 g/mol. The molecule has 4 nitrogen and oxygen atoms in total. The number of carboxylic acid groups (broad SMARTS) is 1. The second-order valence-corrected chi connectivity index (χ2v) is 3.39. The number of benzene rings is 1. The molecular weight excluding hydrogens is 218 g/mol. The number of nitrogens with one attached hydrogen (secondary N) is 1. The number of H-pyrrole nitrogens is 1. The van der Waals surface area contributed by atoms with Gasteiger partial charge in [0.05, 0.1) is 17.7 Å². The molecule has 0 fully saturated rings. The fraction of sp³-hybridized carbons (Fsp3) is 0.100. The van der Waals surface area contributed by atoms with E-state index in [9.17, 15) is 4.79 Å². The van der Waals surface area contributed by atoms with Gasteiger partial charge in [-0.15, -0.1) is 0 Å². The normalized spacial score (nSPS) is 10.5. The average Bonchev–Trinajstić information content (AvgIpc) is 2.63. The van der Waals surface area contributed by atoms with E-state index in [2.05, 4.69) is 4.98 Å². The summed E-state index contributed by atoms with van der Waals surface area (Å²) in [5.74, 6) is -0.553. The van der Waals surface area contributed by atoms with Gasteiger partial charge in [-0.1, -0.05) is 11.6 Å². The van der Waals surface area contributed by atoms with Crippen LogP contribution < -0.4 is 4.74 Å². The van der Waals surface area contributed by atoms with E-state index in [1.807, 2.05) is 0 Å². The van der Waals surface area contributed by atoms with Crippen molar-refractivity contribution in [3.63, 3.8) is 0 Å². The zero-order valence-electron chi connectivity index (χ0n) is 7.87. The number of halogens is 1. The molecule has 2 rings (SSSR count). The number of methoxy groups -OCH3 is 1. The van der Waals surface area contributed by atoms with Crippen molar-refractivity contribution in [2.24, 2.45) is 0 Å². The van der Waals surface area contributed by atoms with Gasteiger partial charge >= 0.3 is 5.97 Å². The zero-order valence-corrected chi connectivity index (χ0v) is 8.63. The molecule has 5 heteroatoms. The quantitative estimate of drug-likeness (QED) is 0.826. The molecule has 1 aromatic carbocycles. The van der Waals surface area contributed by atoms with Gasteiger partial charge in [0.2, 0.25) is 0 Å². The van der Waals surface area contributed by atoms with Crippen molar-refractivity contribution in [1.82, 2.24) is 4.98 Å². The van der Waals surface area contributed by atoms with Gasteiger partial charge in [0, 0.05) is 17.1 Å². The van der Waals surface area contributed by atoms with E-state index in [0.29, 0.717) is 21.7 Å². The minimum absolute atomic E-state index is 0.147. The van der Waals surface area contributed by atoms with E-state index in [4.69, 9.17) is 21.4 Å². The first kappa shape index (κ1) is 9.86. The van der Waals surface area contributed by atoms with E-state index in [1.165, 1.54) is 13.3 Å². The Balaban J connectivity index is 2.82. The lowest BCUT2D eigenvalue weighted by Gasteiger charge is -2.03. The molecule has 0 atom stereocenters. The Morgan fingerprint density at radius 1 is 1.53 bits per heavy atom. The Kier molecular flexibility index (Phi) is 2.28. The Hall–Kier alpha value is -1.68. The zero-order chi connectivity index (χ0) is 11.0. The molecule has 0 aliphatic rings. The molecule has 0 radical (unpaired) electrons. The van der Waals surface area contributed by atoms with Gasteiger partial charge in [0.15, 0.2) is 0 Å². The summed E-state index contributed by atoms with van der Waals surface area (Å²) in [4.78, 5) is 13.7. The lowest BCUT2D eigenvalue weighted by atomic mass is 10.1. The van der Waals surface area contributed by atoms with E-state index < -0.39 is 5.97 Å². The van der Waals surface area contributed by atoms with E-state index >= 15 is 0 Å². The predicted molar refractivity (Wildman–Crippen MR) is 56.8 cm³/mol. The Morgan fingerprint density at radius 3 is 2.87 bits per heavy atom. The maximum Gasteiger partial charge on any atom is 0.337 e. The number of ether oxygens (including phenoxy) is 1. The Morgan fingerprint density at radius 2 is 2.27 bits per heavy atom. The van der Waals surface area contributed by atoms with Crippen molar-refractivity contribution < 1.29 is 14.6 Å². The number of hydrogen-bond acceptors (Lipinski definition) is 2. The highest BCUT2D eigenvalue weighted by molar-refractivity contribution is 6.38. The van der Waals surface area contributed by atoms with Crippen molar-refractivity contribution in [2.75, 3.05) is 7.11 Å². The number of fused-ring (bicyclic) bond motifs is 1. The first-order valence-corrected chi connectivity index (χ1v) is 4.60. The van der Waals surface area contributed by atoms with Crippen molar-refractivity contribution in [3.8, 4) is 5.75 Å². The lowest BCUT2D eigenvalue weighted by Crippen LogP contribution is -1.94. The van der Waals surface area contributed by atoms with Crippen molar-refractivity contribution in [1.29, 1.82) is 0 Å². The highest BCUT2D eigenvalue weighted by atomic mass is 35.5. The van der Waals surface area contributed by atoms with Gasteiger partial charge in [-0.05, 0) is 12.1 Å². The second kappa shape index (κ2) is 3.47. The molecule has 0 aliphatic carbocycles. The third-order valence-electron chi connectivity index (χ3n) is 2.20. The highest BCUT2D eigenvalue weighted by Crippen LogP contribution is 2.34. The summed E-state index contributed by atoms with van der Waals surface area (Å²) in [6.07, 6.45) is 1.42. The van der Waals surface area contributed by atoms with Crippen LogP contribution in [0.2, 0.25) is 5.02 Å². The molecule has 0 unspecified atom stereocenters. The molecule has 0 aliphatic heterocycles. The standard InChI is InChI=1S/C10H8ClNO3/c1-15-7-3-2-6-8(9(7)11)5(4-12-6)10(13)14/h2-4,12H,1H3,(H,13,14). The van der Waals surface area contributed by atoms with Crippen LogP contribution in [0, 0.1) is 0 Å². The highest BCUT2D eigenvalue weighted by Gasteiger charge is 2.15. The number of carboxylic acids is 1. The molecule has 0 saturated heterocycles.